The van der Waals surface area contributed by atoms with E-state index in [2.05, 4.69) is 19.7 Å². The third-order valence-corrected chi connectivity index (χ3v) is 6.57. The molecule has 0 saturated carbocycles. The summed E-state index contributed by atoms with van der Waals surface area (Å²) < 4.78 is 12.3. The molecule has 0 bridgehead atoms. The largest absolute Gasteiger partial charge is 0.500 e. The fourth-order valence-electron chi connectivity index (χ4n) is 4.90. The number of allylic oxidation sites excluding steroid dienone is 6. The summed E-state index contributed by atoms with van der Waals surface area (Å²) in [4.78, 5) is 27.8. The Morgan fingerprint density at radius 3 is 2.28 bits per heavy atom. The standard InChI is InChI=1S/C28H32O4/c1-7-13-20-18-21-24(32-27(20,4)5)22(23(29)19-14-11-10-12-15-19)25(30)28(16-8-2,17-9-3)26(21)31-6/h7-12,14-15,20H,1-3,13,16-18H2,4-6H3. The first-order valence-electron chi connectivity index (χ1n) is 11.0. The van der Waals surface area contributed by atoms with Crippen LogP contribution in [0, 0.1) is 11.3 Å². The minimum absolute atomic E-state index is 0.0841. The van der Waals surface area contributed by atoms with Gasteiger partial charge in [-0.05, 0) is 39.5 Å². The molecule has 0 amide bonds. The van der Waals surface area contributed by atoms with Crippen molar-refractivity contribution in [2.75, 3.05) is 7.11 Å². The number of hydrogen-bond acceptors (Lipinski definition) is 4. The van der Waals surface area contributed by atoms with Crippen LogP contribution in [-0.2, 0) is 14.3 Å². The second-order valence-electron chi connectivity index (χ2n) is 8.94. The summed E-state index contributed by atoms with van der Waals surface area (Å²) >= 11 is 0. The van der Waals surface area contributed by atoms with E-state index in [1.54, 1.807) is 43.5 Å². The predicted molar refractivity (Wildman–Crippen MR) is 127 cm³/mol. The molecule has 1 aliphatic heterocycles. The van der Waals surface area contributed by atoms with E-state index in [-0.39, 0.29) is 23.1 Å². The number of methoxy groups -OCH3 is 1. The summed E-state index contributed by atoms with van der Waals surface area (Å²) in [7, 11) is 1.57. The SMILES string of the molecule is C=CCC1CC2=C(OC)C(CC=C)(CC=C)C(=O)C(C(=O)c3ccccc3)=C2OC1(C)C. The Morgan fingerprint density at radius 2 is 1.75 bits per heavy atom. The Balaban J connectivity index is 2.33. The van der Waals surface area contributed by atoms with E-state index in [0.717, 1.165) is 12.0 Å². The zero-order valence-corrected chi connectivity index (χ0v) is 19.3. The normalized spacial score (nSPS) is 21.3. The van der Waals surface area contributed by atoms with Crippen LogP contribution in [0.15, 0.2) is 91.0 Å². The number of rotatable bonds is 9. The van der Waals surface area contributed by atoms with Gasteiger partial charge in [0.05, 0.1) is 12.5 Å². The van der Waals surface area contributed by atoms with Crippen LogP contribution in [0.1, 0.15) is 49.9 Å². The van der Waals surface area contributed by atoms with Crippen LogP contribution < -0.4 is 0 Å². The molecule has 1 saturated heterocycles. The van der Waals surface area contributed by atoms with E-state index < -0.39 is 11.0 Å². The van der Waals surface area contributed by atoms with Crippen molar-refractivity contribution in [2.45, 2.75) is 45.1 Å². The number of ketones is 2. The van der Waals surface area contributed by atoms with Crippen molar-refractivity contribution < 1.29 is 19.1 Å². The molecular formula is C28H32O4. The van der Waals surface area contributed by atoms with Gasteiger partial charge in [0.2, 0.25) is 0 Å². The Bertz CT molecular complexity index is 997. The molecule has 4 nitrogen and oxygen atoms in total. The molecule has 0 spiro atoms. The van der Waals surface area contributed by atoms with Gasteiger partial charge < -0.3 is 9.47 Å². The first kappa shape index (κ1) is 23.5. The summed E-state index contributed by atoms with van der Waals surface area (Å²) in [5.41, 5.74) is -0.336. The van der Waals surface area contributed by atoms with Gasteiger partial charge in [-0.2, -0.15) is 0 Å². The topological polar surface area (TPSA) is 52.6 Å². The molecular weight excluding hydrogens is 400 g/mol. The molecule has 1 atom stereocenters. The zero-order valence-electron chi connectivity index (χ0n) is 19.3. The lowest BCUT2D eigenvalue weighted by molar-refractivity contribution is -0.126. The van der Waals surface area contributed by atoms with Gasteiger partial charge >= 0.3 is 0 Å². The van der Waals surface area contributed by atoms with Gasteiger partial charge in [0.1, 0.15) is 22.7 Å². The van der Waals surface area contributed by atoms with E-state index in [4.69, 9.17) is 9.47 Å². The van der Waals surface area contributed by atoms with Gasteiger partial charge in [-0.1, -0.05) is 48.6 Å². The van der Waals surface area contributed by atoms with Crippen molar-refractivity contribution in [3.05, 3.63) is 96.5 Å². The van der Waals surface area contributed by atoms with E-state index in [1.807, 2.05) is 26.0 Å². The molecule has 32 heavy (non-hydrogen) atoms. The second-order valence-corrected chi connectivity index (χ2v) is 8.94. The number of fused-ring (bicyclic) bond motifs is 1. The average Bonchev–Trinajstić information content (AvgIpc) is 2.76. The maximum atomic E-state index is 14.1. The number of hydrogen-bond donors (Lipinski definition) is 0. The molecule has 1 heterocycles. The quantitative estimate of drug-likeness (QED) is 0.267. The molecule has 168 valence electrons. The highest BCUT2D eigenvalue weighted by atomic mass is 16.5. The van der Waals surface area contributed by atoms with Gasteiger partial charge in [-0.15, -0.1) is 19.7 Å². The fourth-order valence-corrected chi connectivity index (χ4v) is 4.90. The molecule has 1 aromatic rings. The third-order valence-electron chi connectivity index (χ3n) is 6.57. The van der Waals surface area contributed by atoms with Crippen molar-refractivity contribution in [1.29, 1.82) is 0 Å². The fraction of sp³-hybridized carbons (Fsp3) is 0.357. The maximum absolute atomic E-state index is 14.1. The smallest absolute Gasteiger partial charge is 0.200 e. The molecule has 0 N–H and O–H groups in total. The highest BCUT2D eigenvalue weighted by Gasteiger charge is 2.54. The summed E-state index contributed by atoms with van der Waals surface area (Å²) in [6.45, 7) is 15.6. The van der Waals surface area contributed by atoms with Crippen LogP contribution in [0.4, 0.5) is 0 Å². The lowest BCUT2D eigenvalue weighted by atomic mass is 9.64. The number of Topliss-reactive ketones (excluding diaryl/α,β-unsaturated/α-hetero) is 2. The Hall–Kier alpha value is -3.14. The lowest BCUT2D eigenvalue weighted by Gasteiger charge is -2.46. The monoisotopic (exact) mass is 432 g/mol. The van der Waals surface area contributed by atoms with Crippen LogP contribution in [0.25, 0.3) is 0 Å². The van der Waals surface area contributed by atoms with Crippen LogP contribution in [0.5, 0.6) is 0 Å². The molecule has 0 radical (unpaired) electrons. The minimum atomic E-state index is -1.07. The molecule has 0 aromatic heterocycles. The van der Waals surface area contributed by atoms with Gasteiger partial charge in [0.25, 0.3) is 0 Å². The number of ether oxygens (including phenoxy) is 2. The second kappa shape index (κ2) is 9.15. The summed E-state index contributed by atoms with van der Waals surface area (Å²) in [5.74, 6) is 0.366. The van der Waals surface area contributed by atoms with Crippen LogP contribution in [-0.4, -0.2) is 24.3 Å². The van der Waals surface area contributed by atoms with Gasteiger partial charge in [0, 0.05) is 17.1 Å². The molecule has 1 unspecified atom stereocenters. The summed E-state index contributed by atoms with van der Waals surface area (Å²) in [6.07, 6.45) is 7.30. The Labute approximate surface area is 191 Å². The highest BCUT2D eigenvalue weighted by Crippen LogP contribution is 2.53. The van der Waals surface area contributed by atoms with Crippen LogP contribution in [0.3, 0.4) is 0 Å². The van der Waals surface area contributed by atoms with E-state index in [9.17, 15) is 9.59 Å². The minimum Gasteiger partial charge on any atom is -0.500 e. The molecule has 1 aliphatic carbocycles. The molecule has 1 fully saturated rings. The van der Waals surface area contributed by atoms with Gasteiger partial charge in [-0.3, -0.25) is 9.59 Å². The first-order valence-corrected chi connectivity index (χ1v) is 11.0. The number of benzene rings is 1. The molecule has 4 heteroatoms. The van der Waals surface area contributed by atoms with Crippen LogP contribution in [0.2, 0.25) is 0 Å². The van der Waals surface area contributed by atoms with Crippen molar-refractivity contribution in [2.24, 2.45) is 11.3 Å². The van der Waals surface area contributed by atoms with Crippen molar-refractivity contribution in [3.8, 4) is 0 Å². The predicted octanol–water partition coefficient (Wildman–Crippen LogP) is 6.14. The van der Waals surface area contributed by atoms with Gasteiger partial charge in [0.15, 0.2) is 11.6 Å². The third kappa shape index (κ3) is 3.79. The summed E-state index contributed by atoms with van der Waals surface area (Å²) in [6, 6.07) is 8.85. The molecule has 2 aliphatic rings. The van der Waals surface area contributed by atoms with E-state index >= 15 is 0 Å². The van der Waals surface area contributed by atoms with Crippen molar-refractivity contribution in [1.82, 2.24) is 0 Å². The molecule has 1 aromatic carbocycles. The number of carbonyl (C=O) groups excluding carboxylic acids is 2. The first-order chi connectivity index (χ1) is 15.3. The Kier molecular flexibility index (Phi) is 6.73. The Morgan fingerprint density at radius 1 is 1.12 bits per heavy atom. The lowest BCUT2D eigenvalue weighted by Crippen LogP contribution is -2.47. The van der Waals surface area contributed by atoms with E-state index in [1.165, 1.54) is 0 Å². The average molecular weight is 433 g/mol. The van der Waals surface area contributed by atoms with Crippen molar-refractivity contribution >= 4 is 11.6 Å². The highest BCUT2D eigenvalue weighted by molar-refractivity contribution is 6.29. The van der Waals surface area contributed by atoms with Crippen molar-refractivity contribution in [3.63, 3.8) is 0 Å². The molecule has 3 rings (SSSR count). The summed E-state index contributed by atoms with van der Waals surface area (Å²) in [5, 5.41) is 0. The number of carbonyl (C=O) groups is 2. The van der Waals surface area contributed by atoms with Crippen LogP contribution >= 0.6 is 0 Å². The maximum Gasteiger partial charge on any atom is 0.200 e. The zero-order chi connectivity index (χ0) is 23.5. The van der Waals surface area contributed by atoms with Gasteiger partial charge in [-0.25, -0.2) is 0 Å². The van der Waals surface area contributed by atoms with E-state index in [0.29, 0.717) is 36.3 Å².